The summed E-state index contributed by atoms with van der Waals surface area (Å²) >= 11 is 12.6. The highest BCUT2D eigenvalue weighted by Crippen LogP contribution is 2.49. The Morgan fingerprint density at radius 2 is 1.61 bits per heavy atom. The lowest BCUT2D eigenvalue weighted by molar-refractivity contribution is -0.384. The van der Waals surface area contributed by atoms with E-state index in [1.165, 1.54) is 29.3 Å². The van der Waals surface area contributed by atoms with E-state index in [-0.39, 0.29) is 11.4 Å². The first kappa shape index (κ1) is 21.4. The molecule has 0 aliphatic carbocycles. The molecule has 3 aromatic carbocycles. The van der Waals surface area contributed by atoms with Crippen LogP contribution >= 0.6 is 23.2 Å². The number of nitro benzene ring substituents is 1. The molecule has 2 aliphatic rings. The highest BCUT2D eigenvalue weighted by molar-refractivity contribution is 6.35. The molecule has 33 heavy (non-hydrogen) atoms. The molecule has 0 aromatic heterocycles. The van der Waals surface area contributed by atoms with Crippen molar-refractivity contribution in [2.24, 2.45) is 5.92 Å². The van der Waals surface area contributed by atoms with Crippen molar-refractivity contribution in [1.82, 2.24) is 0 Å². The van der Waals surface area contributed by atoms with Gasteiger partial charge in [0.2, 0.25) is 5.91 Å². The topological polar surface area (TPSA) is 93.0 Å². The van der Waals surface area contributed by atoms with Crippen LogP contribution in [0.15, 0.2) is 72.8 Å². The van der Waals surface area contributed by atoms with E-state index in [1.54, 1.807) is 30.3 Å². The van der Waals surface area contributed by atoms with Gasteiger partial charge >= 0.3 is 0 Å². The molecule has 2 amide bonds. The average Bonchev–Trinajstić information content (AvgIpc) is 3.30. The van der Waals surface area contributed by atoms with Crippen molar-refractivity contribution in [3.05, 3.63) is 98.5 Å². The Hall–Kier alpha value is -3.46. The molecule has 10 heteroatoms. The summed E-state index contributed by atoms with van der Waals surface area (Å²) in [5, 5.41) is 13.5. The minimum Gasteiger partial charge on any atom is -0.273 e. The molecule has 0 N–H and O–H groups in total. The lowest BCUT2D eigenvalue weighted by Gasteiger charge is -2.29. The zero-order valence-corrected chi connectivity index (χ0v) is 18.3. The van der Waals surface area contributed by atoms with Gasteiger partial charge in [-0.1, -0.05) is 53.5 Å². The van der Waals surface area contributed by atoms with Gasteiger partial charge in [0.1, 0.15) is 5.92 Å². The number of benzene rings is 3. The third-order valence-electron chi connectivity index (χ3n) is 5.71. The molecule has 0 unspecified atom stereocenters. The van der Waals surface area contributed by atoms with Crippen LogP contribution in [0.25, 0.3) is 0 Å². The number of hydrogen-bond donors (Lipinski definition) is 0. The maximum Gasteiger partial charge on any atom is 0.271 e. The second-order valence-corrected chi connectivity index (χ2v) is 8.46. The molecule has 5 rings (SSSR count). The van der Waals surface area contributed by atoms with Crippen LogP contribution in [0.5, 0.6) is 0 Å². The minimum absolute atomic E-state index is 0.115. The number of hydroxylamine groups is 1. The van der Waals surface area contributed by atoms with Gasteiger partial charge in [0.25, 0.3) is 11.6 Å². The quantitative estimate of drug-likeness (QED) is 0.296. The second kappa shape index (κ2) is 8.15. The first-order valence-electron chi connectivity index (χ1n) is 9.95. The van der Waals surface area contributed by atoms with E-state index in [4.69, 9.17) is 28.0 Å². The number of para-hydroxylation sites is 1. The number of nitrogens with zero attached hydrogens (tertiary/aromatic N) is 3. The number of hydrogen-bond acceptors (Lipinski definition) is 6. The van der Waals surface area contributed by atoms with Gasteiger partial charge in [-0.3, -0.25) is 24.5 Å². The summed E-state index contributed by atoms with van der Waals surface area (Å²) in [6.45, 7) is 0. The van der Waals surface area contributed by atoms with Gasteiger partial charge in [-0.2, -0.15) is 0 Å². The Kier molecular flexibility index (Phi) is 5.28. The smallest absolute Gasteiger partial charge is 0.271 e. The Labute approximate surface area is 198 Å². The number of non-ortho nitro benzene ring substituents is 1. The molecule has 2 saturated heterocycles. The number of nitro groups is 1. The van der Waals surface area contributed by atoms with Crippen molar-refractivity contribution in [2.45, 2.75) is 12.1 Å². The summed E-state index contributed by atoms with van der Waals surface area (Å²) in [6, 6.07) is 18.6. The summed E-state index contributed by atoms with van der Waals surface area (Å²) < 4.78 is 0. The van der Waals surface area contributed by atoms with Gasteiger partial charge in [-0.25, -0.2) is 9.96 Å². The first-order chi connectivity index (χ1) is 15.9. The van der Waals surface area contributed by atoms with E-state index in [0.29, 0.717) is 21.3 Å². The zero-order chi connectivity index (χ0) is 23.3. The number of carbonyl (C=O) groups excluding carboxylic acids is 2. The summed E-state index contributed by atoms with van der Waals surface area (Å²) in [4.78, 5) is 44.5. The molecule has 2 heterocycles. The van der Waals surface area contributed by atoms with E-state index in [2.05, 4.69) is 0 Å². The van der Waals surface area contributed by atoms with Crippen molar-refractivity contribution in [3.63, 3.8) is 0 Å². The van der Waals surface area contributed by atoms with Crippen molar-refractivity contribution in [1.29, 1.82) is 0 Å². The number of carbonyl (C=O) groups is 2. The van der Waals surface area contributed by atoms with Gasteiger partial charge in [-0.05, 0) is 35.9 Å². The van der Waals surface area contributed by atoms with E-state index >= 15 is 0 Å². The third kappa shape index (κ3) is 3.52. The van der Waals surface area contributed by atoms with Crippen LogP contribution in [0.1, 0.15) is 11.6 Å². The molecule has 0 bridgehead atoms. The number of halogens is 2. The predicted molar refractivity (Wildman–Crippen MR) is 122 cm³/mol. The molecule has 166 valence electrons. The molecule has 0 saturated carbocycles. The predicted octanol–water partition coefficient (Wildman–Crippen LogP) is 4.95. The molecule has 3 aromatic rings. The lowest BCUT2D eigenvalue weighted by Crippen LogP contribution is -2.37. The van der Waals surface area contributed by atoms with E-state index in [1.807, 2.05) is 18.2 Å². The second-order valence-electron chi connectivity index (χ2n) is 7.61. The SMILES string of the molecule is O=C1[C@@H]2[C@@H](c3ccc(Cl)cc3Cl)N(c3ccccc3)O[C@H]2C(=O)N1c1cccc([N+](=O)[O-])c1. The van der Waals surface area contributed by atoms with E-state index in [0.717, 1.165) is 4.90 Å². The molecule has 2 fully saturated rings. The van der Waals surface area contributed by atoms with Gasteiger partial charge in [-0.15, -0.1) is 0 Å². The van der Waals surface area contributed by atoms with E-state index < -0.39 is 34.8 Å². The molecule has 3 atom stereocenters. The largest absolute Gasteiger partial charge is 0.273 e. The maximum atomic E-state index is 13.6. The molecule has 0 radical (unpaired) electrons. The number of rotatable bonds is 4. The first-order valence-corrected chi connectivity index (χ1v) is 10.7. The number of amides is 2. The zero-order valence-electron chi connectivity index (χ0n) is 16.8. The summed E-state index contributed by atoms with van der Waals surface area (Å²) in [6.07, 6.45) is -1.12. The fraction of sp³-hybridized carbons (Fsp3) is 0.130. The molecular formula is C23H15Cl2N3O5. The molecule has 2 aliphatic heterocycles. The Bertz CT molecular complexity index is 1290. The summed E-state index contributed by atoms with van der Waals surface area (Å²) in [5.74, 6) is -2.05. The Morgan fingerprint density at radius 1 is 0.879 bits per heavy atom. The van der Waals surface area contributed by atoms with Crippen LogP contribution < -0.4 is 9.96 Å². The van der Waals surface area contributed by atoms with Crippen LogP contribution in [0.4, 0.5) is 17.1 Å². The van der Waals surface area contributed by atoms with Crippen molar-refractivity contribution >= 4 is 52.1 Å². The fourth-order valence-corrected chi connectivity index (χ4v) is 4.79. The summed E-state index contributed by atoms with van der Waals surface area (Å²) in [5.41, 5.74) is 1.10. The number of imide groups is 1. The standard InChI is InChI=1S/C23H15Cl2N3O5/c24-13-9-10-17(18(25)11-13)20-19-21(33-27(20)14-5-2-1-3-6-14)23(30)26(22(19)29)15-7-4-8-16(12-15)28(31)32/h1-12,19-21H/t19-,20-,21-/m1/s1. The van der Waals surface area contributed by atoms with Gasteiger partial charge in [0.15, 0.2) is 6.10 Å². The molecule has 8 nitrogen and oxygen atoms in total. The van der Waals surface area contributed by atoms with Crippen LogP contribution in [0, 0.1) is 16.0 Å². The molecule has 0 spiro atoms. The van der Waals surface area contributed by atoms with Gasteiger partial charge in [0, 0.05) is 22.2 Å². The maximum absolute atomic E-state index is 13.6. The molecular weight excluding hydrogens is 469 g/mol. The van der Waals surface area contributed by atoms with Crippen molar-refractivity contribution in [3.8, 4) is 0 Å². The van der Waals surface area contributed by atoms with Crippen LogP contribution in [-0.4, -0.2) is 22.8 Å². The van der Waals surface area contributed by atoms with Crippen LogP contribution in [-0.2, 0) is 14.4 Å². The Balaban J connectivity index is 1.60. The monoisotopic (exact) mass is 483 g/mol. The number of anilines is 2. The number of fused-ring (bicyclic) bond motifs is 1. The normalized spacial score (nSPS) is 22.1. The Morgan fingerprint density at radius 3 is 2.30 bits per heavy atom. The highest BCUT2D eigenvalue weighted by Gasteiger charge is 2.60. The van der Waals surface area contributed by atoms with Crippen LogP contribution in [0.3, 0.4) is 0 Å². The van der Waals surface area contributed by atoms with Crippen molar-refractivity contribution in [2.75, 3.05) is 9.96 Å². The average molecular weight is 484 g/mol. The van der Waals surface area contributed by atoms with Crippen molar-refractivity contribution < 1.29 is 19.3 Å². The fourth-order valence-electron chi connectivity index (χ4n) is 4.27. The highest BCUT2D eigenvalue weighted by atomic mass is 35.5. The lowest BCUT2D eigenvalue weighted by atomic mass is 9.90. The van der Waals surface area contributed by atoms with Gasteiger partial charge < -0.3 is 0 Å². The summed E-state index contributed by atoms with van der Waals surface area (Å²) in [7, 11) is 0. The van der Waals surface area contributed by atoms with Crippen LogP contribution in [0.2, 0.25) is 10.0 Å². The van der Waals surface area contributed by atoms with Gasteiger partial charge in [0.05, 0.1) is 22.3 Å². The van der Waals surface area contributed by atoms with E-state index in [9.17, 15) is 19.7 Å². The third-order valence-corrected chi connectivity index (χ3v) is 6.27. The minimum atomic E-state index is -1.12.